The molecule has 2 aromatic heterocycles. The molecule has 0 fully saturated rings. The number of rotatable bonds is 5. The molecule has 3 aromatic rings. The Hall–Kier alpha value is -2.60. The lowest BCUT2D eigenvalue weighted by Gasteiger charge is -2.15. The molecule has 1 aliphatic heterocycles. The Labute approximate surface area is 156 Å². The molecule has 0 spiro atoms. The number of benzene rings is 1. The minimum atomic E-state index is -0.145. The van der Waals surface area contributed by atoms with Crippen molar-refractivity contribution in [3.63, 3.8) is 0 Å². The zero-order valence-electron chi connectivity index (χ0n) is 14.6. The van der Waals surface area contributed by atoms with E-state index in [1.165, 1.54) is 0 Å². The maximum absolute atomic E-state index is 12.9. The molecule has 7 heteroatoms. The lowest BCUT2D eigenvalue weighted by Crippen LogP contribution is -2.23. The largest absolute Gasteiger partial charge is 0.397 e. The molecule has 1 amide bonds. The van der Waals surface area contributed by atoms with Crippen LogP contribution in [0.5, 0.6) is 0 Å². The van der Waals surface area contributed by atoms with E-state index in [2.05, 4.69) is 12.0 Å². The van der Waals surface area contributed by atoms with Crippen LogP contribution in [0, 0.1) is 0 Å². The third kappa shape index (κ3) is 2.70. The van der Waals surface area contributed by atoms with Gasteiger partial charge in [0.05, 0.1) is 35.1 Å². The SMILES string of the molecule is CCCCCn1ncc2c(N)c3c(nc21)CN(c1cccc(Cl)c1)C3=O. The van der Waals surface area contributed by atoms with E-state index >= 15 is 0 Å². The highest BCUT2D eigenvalue weighted by atomic mass is 35.5. The average molecular weight is 370 g/mol. The van der Waals surface area contributed by atoms with Gasteiger partial charge in [0, 0.05) is 17.3 Å². The van der Waals surface area contributed by atoms with Crippen molar-refractivity contribution in [3.05, 3.63) is 46.7 Å². The van der Waals surface area contributed by atoms with Gasteiger partial charge in [-0.05, 0) is 24.6 Å². The van der Waals surface area contributed by atoms with Gasteiger partial charge in [-0.1, -0.05) is 37.4 Å². The van der Waals surface area contributed by atoms with E-state index < -0.39 is 0 Å². The third-order valence-electron chi connectivity index (χ3n) is 4.76. The number of carbonyl (C=O) groups excluding carboxylic acids is 1. The van der Waals surface area contributed by atoms with Gasteiger partial charge in [-0.2, -0.15) is 5.10 Å². The van der Waals surface area contributed by atoms with Crippen molar-refractivity contribution >= 4 is 39.9 Å². The number of carbonyl (C=O) groups is 1. The van der Waals surface area contributed by atoms with Gasteiger partial charge in [-0.15, -0.1) is 0 Å². The number of nitrogen functional groups attached to an aromatic ring is 1. The number of hydrogen-bond donors (Lipinski definition) is 1. The van der Waals surface area contributed by atoms with Crippen LogP contribution in [0.1, 0.15) is 42.2 Å². The monoisotopic (exact) mass is 369 g/mol. The molecule has 0 aliphatic carbocycles. The Bertz CT molecular complexity index is 997. The summed E-state index contributed by atoms with van der Waals surface area (Å²) in [5, 5.41) is 5.74. The van der Waals surface area contributed by atoms with Crippen LogP contribution in [0.3, 0.4) is 0 Å². The Morgan fingerprint density at radius 2 is 2.15 bits per heavy atom. The molecule has 4 rings (SSSR count). The van der Waals surface area contributed by atoms with Gasteiger partial charge in [0.25, 0.3) is 5.91 Å². The first-order chi connectivity index (χ1) is 12.6. The molecule has 1 aromatic carbocycles. The minimum Gasteiger partial charge on any atom is -0.397 e. The number of halogens is 1. The van der Waals surface area contributed by atoms with Crippen molar-refractivity contribution < 1.29 is 4.79 Å². The maximum atomic E-state index is 12.9. The summed E-state index contributed by atoms with van der Waals surface area (Å²) in [6.45, 7) is 3.35. The molecule has 26 heavy (non-hydrogen) atoms. The smallest absolute Gasteiger partial charge is 0.262 e. The van der Waals surface area contributed by atoms with Crippen LogP contribution in [0.25, 0.3) is 11.0 Å². The number of unbranched alkanes of at least 4 members (excludes halogenated alkanes) is 2. The Morgan fingerprint density at radius 1 is 1.31 bits per heavy atom. The van der Waals surface area contributed by atoms with Crippen LogP contribution < -0.4 is 10.6 Å². The molecule has 1 aliphatic rings. The number of fused-ring (bicyclic) bond motifs is 2. The van der Waals surface area contributed by atoms with Crippen molar-refractivity contribution in [2.75, 3.05) is 10.6 Å². The first kappa shape index (κ1) is 16.8. The number of aromatic nitrogens is 3. The molecule has 0 atom stereocenters. The van der Waals surface area contributed by atoms with Crippen molar-refractivity contribution in [2.24, 2.45) is 0 Å². The normalized spacial score (nSPS) is 13.6. The zero-order valence-corrected chi connectivity index (χ0v) is 15.3. The van der Waals surface area contributed by atoms with Gasteiger partial charge in [-0.3, -0.25) is 4.79 Å². The van der Waals surface area contributed by atoms with Gasteiger partial charge in [0.15, 0.2) is 5.65 Å². The Kier molecular flexibility index (Phi) is 4.28. The minimum absolute atomic E-state index is 0.145. The standard InChI is InChI=1S/C19H20ClN5O/c1-2-3-4-8-25-18-14(10-22-25)17(21)16-15(23-18)11-24(19(16)26)13-7-5-6-12(20)9-13/h5-7,9-10H,2-4,8,11H2,1H3,(H2,21,23). The molecule has 0 saturated carbocycles. The molecule has 0 radical (unpaired) electrons. The third-order valence-corrected chi connectivity index (χ3v) is 5.00. The van der Waals surface area contributed by atoms with Crippen molar-refractivity contribution in [1.29, 1.82) is 0 Å². The number of amides is 1. The van der Waals surface area contributed by atoms with Crippen molar-refractivity contribution in [3.8, 4) is 0 Å². The van der Waals surface area contributed by atoms with Crippen LogP contribution in [0.4, 0.5) is 11.4 Å². The lowest BCUT2D eigenvalue weighted by atomic mass is 10.1. The number of nitrogens with zero attached hydrogens (tertiary/aromatic N) is 4. The van der Waals surface area contributed by atoms with Gasteiger partial charge >= 0.3 is 0 Å². The lowest BCUT2D eigenvalue weighted by molar-refractivity contribution is 0.0997. The zero-order chi connectivity index (χ0) is 18.3. The van der Waals surface area contributed by atoms with E-state index in [0.29, 0.717) is 28.5 Å². The van der Waals surface area contributed by atoms with Gasteiger partial charge in [0.2, 0.25) is 0 Å². The van der Waals surface area contributed by atoms with E-state index in [1.54, 1.807) is 23.2 Å². The summed E-state index contributed by atoms with van der Waals surface area (Å²) < 4.78 is 1.88. The average Bonchev–Trinajstić information content (AvgIpc) is 3.17. The predicted octanol–water partition coefficient (Wildman–Crippen LogP) is 4.02. The fourth-order valence-corrected chi connectivity index (χ4v) is 3.58. The van der Waals surface area contributed by atoms with Crippen LogP contribution in [-0.2, 0) is 13.1 Å². The summed E-state index contributed by atoms with van der Waals surface area (Å²) in [5.74, 6) is -0.145. The molecular weight excluding hydrogens is 350 g/mol. The second-order valence-electron chi connectivity index (χ2n) is 6.53. The first-order valence-corrected chi connectivity index (χ1v) is 9.19. The van der Waals surface area contributed by atoms with E-state index in [4.69, 9.17) is 22.3 Å². The fraction of sp³-hybridized carbons (Fsp3) is 0.316. The molecule has 0 unspecified atom stereocenters. The summed E-state index contributed by atoms with van der Waals surface area (Å²) >= 11 is 6.07. The Balaban J connectivity index is 1.74. The van der Waals surface area contributed by atoms with Crippen LogP contribution >= 0.6 is 11.6 Å². The highest BCUT2D eigenvalue weighted by Gasteiger charge is 2.33. The van der Waals surface area contributed by atoms with E-state index in [9.17, 15) is 4.79 Å². The molecule has 134 valence electrons. The first-order valence-electron chi connectivity index (χ1n) is 8.81. The summed E-state index contributed by atoms with van der Waals surface area (Å²) in [5.41, 5.74) is 9.45. The number of anilines is 2. The maximum Gasteiger partial charge on any atom is 0.262 e. The van der Waals surface area contributed by atoms with Gasteiger partial charge < -0.3 is 10.6 Å². The molecule has 3 heterocycles. The highest BCUT2D eigenvalue weighted by molar-refractivity contribution is 6.31. The summed E-state index contributed by atoms with van der Waals surface area (Å²) in [6.07, 6.45) is 5.04. The van der Waals surface area contributed by atoms with Crippen LogP contribution in [-0.4, -0.2) is 20.7 Å². The predicted molar refractivity (Wildman–Crippen MR) is 103 cm³/mol. The van der Waals surface area contributed by atoms with Crippen molar-refractivity contribution in [1.82, 2.24) is 14.8 Å². The van der Waals surface area contributed by atoms with Gasteiger partial charge in [-0.25, -0.2) is 9.67 Å². The summed E-state index contributed by atoms with van der Waals surface area (Å²) in [4.78, 5) is 19.3. The van der Waals surface area contributed by atoms with E-state index in [1.807, 2.05) is 16.8 Å². The van der Waals surface area contributed by atoms with Crippen molar-refractivity contribution in [2.45, 2.75) is 39.3 Å². The molecule has 0 saturated heterocycles. The summed E-state index contributed by atoms with van der Waals surface area (Å²) in [7, 11) is 0. The quantitative estimate of drug-likeness (QED) is 0.689. The number of pyridine rings is 1. The summed E-state index contributed by atoms with van der Waals surface area (Å²) in [6, 6.07) is 7.24. The highest BCUT2D eigenvalue weighted by Crippen LogP contribution is 2.35. The topological polar surface area (TPSA) is 77.0 Å². The second-order valence-corrected chi connectivity index (χ2v) is 6.97. The molecule has 2 N–H and O–H groups in total. The number of nitrogens with two attached hydrogens (primary N) is 1. The molecular formula is C19H20ClN5O. The molecule has 6 nitrogen and oxygen atoms in total. The van der Waals surface area contributed by atoms with E-state index in [0.717, 1.165) is 42.5 Å². The van der Waals surface area contributed by atoms with E-state index in [-0.39, 0.29) is 5.91 Å². The van der Waals surface area contributed by atoms with Crippen LogP contribution in [0.2, 0.25) is 5.02 Å². The second kappa shape index (κ2) is 6.61. The molecule has 0 bridgehead atoms. The van der Waals surface area contributed by atoms with Gasteiger partial charge in [0.1, 0.15) is 0 Å². The van der Waals surface area contributed by atoms with Crippen LogP contribution in [0.15, 0.2) is 30.5 Å². The fourth-order valence-electron chi connectivity index (χ4n) is 3.40. The number of aryl methyl sites for hydroxylation is 1. The number of hydrogen-bond acceptors (Lipinski definition) is 4. The Morgan fingerprint density at radius 3 is 2.92 bits per heavy atom.